The first-order valence-electron chi connectivity index (χ1n) is 10.3. The zero-order valence-electron chi connectivity index (χ0n) is 17.7. The Labute approximate surface area is 174 Å². The van der Waals surface area contributed by atoms with Crippen molar-refractivity contribution in [1.29, 1.82) is 0 Å². The quantitative estimate of drug-likeness (QED) is 0.695. The Balaban J connectivity index is 1.53. The fourth-order valence-corrected chi connectivity index (χ4v) is 4.54. The molecule has 4 heterocycles. The third-order valence-corrected chi connectivity index (χ3v) is 6.05. The van der Waals surface area contributed by atoms with Crippen LogP contribution in [0.15, 0.2) is 24.7 Å². The van der Waals surface area contributed by atoms with Crippen molar-refractivity contribution in [2.45, 2.75) is 57.2 Å². The Kier molecular flexibility index (Phi) is 4.15. The predicted molar refractivity (Wildman–Crippen MR) is 110 cm³/mol. The van der Waals surface area contributed by atoms with Crippen LogP contribution in [0.3, 0.4) is 0 Å². The van der Waals surface area contributed by atoms with Crippen molar-refractivity contribution in [1.82, 2.24) is 24.1 Å². The summed E-state index contributed by atoms with van der Waals surface area (Å²) in [5.74, 6) is 0.922. The summed E-state index contributed by atoms with van der Waals surface area (Å²) in [5, 5.41) is 7.01. The molecule has 2 bridgehead atoms. The van der Waals surface area contributed by atoms with Crippen molar-refractivity contribution in [3.8, 4) is 5.88 Å². The van der Waals surface area contributed by atoms with Crippen molar-refractivity contribution >= 4 is 17.5 Å². The summed E-state index contributed by atoms with van der Waals surface area (Å²) >= 11 is 0. The van der Waals surface area contributed by atoms with Crippen molar-refractivity contribution < 1.29 is 14.3 Å². The van der Waals surface area contributed by atoms with Crippen LogP contribution in [0.2, 0.25) is 0 Å². The van der Waals surface area contributed by atoms with Gasteiger partial charge in [0.05, 0.1) is 24.0 Å². The molecule has 1 aliphatic heterocycles. The molecule has 1 amide bonds. The normalized spacial score (nSPS) is 25.4. The lowest BCUT2D eigenvalue weighted by Gasteiger charge is -2.24. The molecule has 1 N–H and O–H groups in total. The molecule has 1 saturated heterocycles. The van der Waals surface area contributed by atoms with Gasteiger partial charge in [-0.25, -0.2) is 4.98 Å². The number of nitrogens with one attached hydrogen (secondary N) is 1. The van der Waals surface area contributed by atoms with Crippen LogP contribution in [-0.2, 0) is 17.2 Å². The summed E-state index contributed by atoms with van der Waals surface area (Å²) in [5.41, 5.74) is 1.18. The third kappa shape index (κ3) is 3.13. The molecule has 9 heteroatoms. The summed E-state index contributed by atoms with van der Waals surface area (Å²) < 4.78 is 15.3. The minimum absolute atomic E-state index is 0.0527. The molecule has 0 spiro atoms. The van der Waals surface area contributed by atoms with Crippen molar-refractivity contribution in [2.75, 3.05) is 11.9 Å². The number of anilines is 1. The molecule has 2 atom stereocenters. The Hall–Kier alpha value is -2.94. The first-order chi connectivity index (χ1) is 14.3. The monoisotopic (exact) mass is 410 g/mol. The van der Waals surface area contributed by atoms with E-state index in [1.165, 1.54) is 0 Å². The molecule has 30 heavy (non-hydrogen) atoms. The number of fused-ring (bicyclic) bond motifs is 3. The number of imidazole rings is 1. The lowest BCUT2D eigenvalue weighted by Crippen LogP contribution is -2.26. The summed E-state index contributed by atoms with van der Waals surface area (Å²) in [6.07, 6.45) is 8.39. The van der Waals surface area contributed by atoms with E-state index in [0.717, 1.165) is 25.0 Å². The number of aryl methyl sites for hydroxylation is 1. The van der Waals surface area contributed by atoms with Crippen LogP contribution in [-0.4, -0.2) is 48.4 Å². The fraction of sp³-hybridized carbons (Fsp3) is 0.524. The topological polar surface area (TPSA) is 95.6 Å². The molecule has 1 aliphatic carbocycles. The van der Waals surface area contributed by atoms with Gasteiger partial charge in [-0.2, -0.15) is 10.1 Å². The van der Waals surface area contributed by atoms with E-state index in [-0.39, 0.29) is 28.9 Å². The highest BCUT2D eigenvalue weighted by Crippen LogP contribution is 2.53. The van der Waals surface area contributed by atoms with Crippen molar-refractivity contribution in [3.63, 3.8) is 0 Å². The van der Waals surface area contributed by atoms with E-state index >= 15 is 0 Å². The van der Waals surface area contributed by atoms with Gasteiger partial charge < -0.3 is 14.8 Å². The SMILES string of the molecule is CC(C)Oc1nc2nc(C34CCC(C)(C3)OC4)cn2cc1C(=O)Nc1ccn(C)n1. The smallest absolute Gasteiger partial charge is 0.263 e. The zero-order valence-corrected chi connectivity index (χ0v) is 17.7. The van der Waals surface area contributed by atoms with E-state index in [2.05, 4.69) is 22.3 Å². The van der Waals surface area contributed by atoms with Gasteiger partial charge in [-0.1, -0.05) is 0 Å². The third-order valence-electron chi connectivity index (χ3n) is 6.05. The predicted octanol–water partition coefficient (Wildman–Crippen LogP) is 2.71. The average Bonchev–Trinajstić information content (AvgIpc) is 3.42. The van der Waals surface area contributed by atoms with Crippen LogP contribution in [0.25, 0.3) is 5.78 Å². The molecule has 2 aliphatic rings. The highest BCUT2D eigenvalue weighted by Gasteiger charge is 2.55. The lowest BCUT2D eigenvalue weighted by molar-refractivity contribution is -0.00627. The van der Waals surface area contributed by atoms with Crippen LogP contribution in [0.5, 0.6) is 5.88 Å². The molecule has 0 aromatic carbocycles. The van der Waals surface area contributed by atoms with Gasteiger partial charge in [0.15, 0.2) is 5.82 Å². The number of amides is 1. The highest BCUT2D eigenvalue weighted by molar-refractivity contribution is 6.05. The number of ether oxygens (including phenoxy) is 2. The maximum absolute atomic E-state index is 13.0. The maximum Gasteiger partial charge on any atom is 0.263 e. The van der Waals surface area contributed by atoms with Crippen LogP contribution >= 0.6 is 0 Å². The van der Waals surface area contributed by atoms with Crippen molar-refractivity contribution in [3.05, 3.63) is 35.9 Å². The molecule has 2 unspecified atom stereocenters. The second-order valence-corrected chi connectivity index (χ2v) is 8.98. The minimum Gasteiger partial charge on any atom is -0.474 e. The standard InChI is InChI=1S/C21H26N6O3/c1-13(2)30-18-14(17(28)23-16-5-8-26(4)25-16)9-27-10-15(22-19(27)24-18)21-7-6-20(3,11-21)29-12-21/h5,8-10,13H,6-7,11-12H2,1-4H3,(H,23,25,28). The van der Waals surface area contributed by atoms with Gasteiger partial charge in [-0.3, -0.25) is 13.9 Å². The van der Waals surface area contributed by atoms with E-state index in [0.29, 0.717) is 23.8 Å². The summed E-state index contributed by atoms with van der Waals surface area (Å²) in [6, 6.07) is 1.73. The lowest BCUT2D eigenvalue weighted by atomic mass is 9.84. The van der Waals surface area contributed by atoms with Gasteiger partial charge in [0, 0.05) is 37.1 Å². The molecular weight excluding hydrogens is 384 g/mol. The molecule has 0 radical (unpaired) electrons. The molecule has 3 aromatic rings. The number of hydrogen-bond acceptors (Lipinski definition) is 6. The van der Waals surface area contributed by atoms with Crippen LogP contribution in [0, 0.1) is 0 Å². The fourth-order valence-electron chi connectivity index (χ4n) is 4.54. The molecule has 158 valence electrons. The Bertz CT molecular complexity index is 1120. The maximum atomic E-state index is 13.0. The summed E-state index contributed by atoms with van der Waals surface area (Å²) in [7, 11) is 1.80. The highest BCUT2D eigenvalue weighted by atomic mass is 16.5. The largest absolute Gasteiger partial charge is 0.474 e. The number of nitrogens with zero attached hydrogens (tertiary/aromatic N) is 5. The Morgan fingerprint density at radius 3 is 2.73 bits per heavy atom. The van der Waals surface area contributed by atoms with Gasteiger partial charge in [0.25, 0.3) is 5.91 Å². The van der Waals surface area contributed by atoms with E-state index in [9.17, 15) is 4.79 Å². The average molecular weight is 410 g/mol. The van der Waals surface area contributed by atoms with Crippen LogP contribution in [0.4, 0.5) is 5.82 Å². The number of aromatic nitrogens is 5. The van der Waals surface area contributed by atoms with E-state index in [1.54, 1.807) is 34.6 Å². The molecule has 2 fully saturated rings. The van der Waals surface area contributed by atoms with Gasteiger partial charge in [0.1, 0.15) is 5.56 Å². The van der Waals surface area contributed by atoms with Crippen LogP contribution < -0.4 is 10.1 Å². The molecular formula is C21H26N6O3. The summed E-state index contributed by atoms with van der Waals surface area (Å²) in [6.45, 7) is 6.65. The van der Waals surface area contributed by atoms with Crippen molar-refractivity contribution in [2.24, 2.45) is 7.05 Å². The zero-order chi connectivity index (χ0) is 21.1. The molecule has 9 nitrogen and oxygen atoms in total. The van der Waals surface area contributed by atoms with Gasteiger partial charge >= 0.3 is 0 Å². The summed E-state index contributed by atoms with van der Waals surface area (Å²) in [4.78, 5) is 22.3. The number of carbonyl (C=O) groups excluding carboxylic acids is 1. The molecule has 1 saturated carbocycles. The second kappa shape index (κ2) is 6.53. The van der Waals surface area contributed by atoms with E-state index < -0.39 is 0 Å². The minimum atomic E-state index is -0.329. The second-order valence-electron chi connectivity index (χ2n) is 8.98. The Morgan fingerprint density at radius 1 is 1.30 bits per heavy atom. The molecule has 5 rings (SSSR count). The molecule has 3 aromatic heterocycles. The van der Waals surface area contributed by atoms with Gasteiger partial charge in [0.2, 0.25) is 11.7 Å². The van der Waals surface area contributed by atoms with Gasteiger partial charge in [-0.05, 0) is 40.0 Å². The first kappa shape index (κ1) is 19.0. The number of rotatable bonds is 5. The van der Waals surface area contributed by atoms with E-state index in [4.69, 9.17) is 14.5 Å². The number of hydrogen-bond donors (Lipinski definition) is 1. The number of carbonyl (C=O) groups is 1. The van der Waals surface area contributed by atoms with Crippen LogP contribution in [0.1, 0.15) is 56.1 Å². The van der Waals surface area contributed by atoms with Gasteiger partial charge in [-0.15, -0.1) is 0 Å². The first-order valence-corrected chi connectivity index (χ1v) is 10.3. The Morgan fingerprint density at radius 2 is 2.13 bits per heavy atom. The van der Waals surface area contributed by atoms with E-state index in [1.807, 2.05) is 20.0 Å².